The van der Waals surface area contributed by atoms with Crippen LogP contribution in [0.25, 0.3) is 0 Å². The van der Waals surface area contributed by atoms with Crippen molar-refractivity contribution in [2.45, 2.75) is 57.6 Å². The van der Waals surface area contributed by atoms with E-state index < -0.39 is 24.2 Å². The summed E-state index contributed by atoms with van der Waals surface area (Å²) in [6.45, 7) is 2.86. The first kappa shape index (κ1) is 23.6. The van der Waals surface area contributed by atoms with Crippen LogP contribution in [0.4, 0.5) is 4.79 Å². The number of carbonyl (C=O) groups excluding carboxylic acids is 1. The van der Waals surface area contributed by atoms with E-state index in [2.05, 4.69) is 5.32 Å². The Morgan fingerprint density at radius 3 is 2.04 bits per heavy atom. The van der Waals surface area contributed by atoms with E-state index in [0.717, 1.165) is 0 Å². The molecule has 1 aromatic rings. The van der Waals surface area contributed by atoms with E-state index in [4.69, 9.17) is 25.1 Å². The number of benzene rings is 1. The molecule has 0 saturated heterocycles. The zero-order chi connectivity index (χ0) is 21.2. The molecule has 1 aliphatic rings. The Balaban J connectivity index is 0.000000467. The second kappa shape index (κ2) is 11.4. The summed E-state index contributed by atoms with van der Waals surface area (Å²) in [6.07, 6.45) is 5.85. The van der Waals surface area contributed by atoms with Crippen LogP contribution in [0, 0.1) is 0 Å². The van der Waals surface area contributed by atoms with Crippen LogP contribution < -0.4 is 20.5 Å². The summed E-state index contributed by atoms with van der Waals surface area (Å²) in [7, 11) is 3.04. The normalized spacial score (nSPS) is 14.3. The van der Waals surface area contributed by atoms with Gasteiger partial charge in [0.1, 0.15) is 23.6 Å². The van der Waals surface area contributed by atoms with Crippen LogP contribution in [0.5, 0.6) is 11.5 Å². The number of carboxylic acid groups (broad SMARTS) is 1. The van der Waals surface area contributed by atoms with Gasteiger partial charge < -0.3 is 30.4 Å². The van der Waals surface area contributed by atoms with Crippen LogP contribution in [-0.4, -0.2) is 44.0 Å². The number of methoxy groups -OCH3 is 2. The van der Waals surface area contributed by atoms with Gasteiger partial charge in [-0.15, -0.1) is 0 Å². The number of carbonyl (C=O) groups is 2. The van der Waals surface area contributed by atoms with Gasteiger partial charge in [-0.25, -0.2) is 4.79 Å². The highest BCUT2D eigenvalue weighted by Gasteiger charge is 2.27. The summed E-state index contributed by atoms with van der Waals surface area (Å²) in [6, 6.07) is 5.66. The van der Waals surface area contributed by atoms with Gasteiger partial charge in [-0.05, 0) is 38.8 Å². The van der Waals surface area contributed by atoms with E-state index in [-0.39, 0.29) is 0 Å². The van der Waals surface area contributed by atoms with Crippen molar-refractivity contribution < 1.29 is 28.9 Å². The summed E-state index contributed by atoms with van der Waals surface area (Å²) in [5.41, 5.74) is 5.31. The first-order valence-electron chi connectivity index (χ1n) is 9.35. The molecule has 0 atom stereocenters. The Kier molecular flexibility index (Phi) is 9.58. The molecule has 28 heavy (non-hydrogen) atoms. The molecule has 2 rings (SSSR count). The van der Waals surface area contributed by atoms with Crippen molar-refractivity contribution in [3.8, 4) is 11.5 Å². The van der Waals surface area contributed by atoms with Crippen molar-refractivity contribution in [2.75, 3.05) is 20.8 Å². The Hall–Kier alpha value is -2.48. The second-order valence-corrected chi connectivity index (χ2v) is 7.15. The molecule has 8 nitrogen and oxygen atoms in total. The molecule has 1 saturated carbocycles. The molecule has 8 heteroatoms. The summed E-state index contributed by atoms with van der Waals surface area (Å²) >= 11 is 0. The van der Waals surface area contributed by atoms with Crippen LogP contribution in [-0.2, 0) is 15.1 Å². The predicted octanol–water partition coefficient (Wildman–Crippen LogP) is 3.03. The van der Waals surface area contributed by atoms with E-state index in [1.165, 1.54) is 46.3 Å². The van der Waals surface area contributed by atoms with E-state index in [0.29, 0.717) is 23.1 Å². The fourth-order valence-corrected chi connectivity index (χ4v) is 2.76. The van der Waals surface area contributed by atoms with Crippen molar-refractivity contribution in [3.63, 3.8) is 0 Å². The van der Waals surface area contributed by atoms with Crippen molar-refractivity contribution in [1.29, 1.82) is 0 Å². The minimum Gasteiger partial charge on any atom is -0.497 e. The molecular weight excluding hydrogens is 364 g/mol. The van der Waals surface area contributed by atoms with E-state index in [1.54, 1.807) is 32.0 Å². The van der Waals surface area contributed by atoms with Crippen LogP contribution >= 0.6 is 0 Å². The number of ether oxygens (including phenoxy) is 3. The average molecular weight is 396 g/mol. The van der Waals surface area contributed by atoms with E-state index in [9.17, 15) is 9.59 Å². The van der Waals surface area contributed by atoms with Crippen molar-refractivity contribution in [3.05, 3.63) is 23.8 Å². The minimum absolute atomic E-state index is 0.504. The highest BCUT2D eigenvalue weighted by atomic mass is 16.6. The fourth-order valence-electron chi connectivity index (χ4n) is 2.76. The molecule has 0 unspecified atom stereocenters. The lowest BCUT2D eigenvalue weighted by Gasteiger charge is -2.26. The van der Waals surface area contributed by atoms with Gasteiger partial charge in [0.15, 0.2) is 0 Å². The zero-order valence-corrected chi connectivity index (χ0v) is 17.1. The van der Waals surface area contributed by atoms with Gasteiger partial charge in [-0.1, -0.05) is 19.3 Å². The monoisotopic (exact) mass is 396 g/mol. The predicted molar refractivity (Wildman–Crippen MR) is 106 cm³/mol. The number of rotatable bonds is 6. The maximum atomic E-state index is 11.6. The fraction of sp³-hybridized carbons (Fsp3) is 0.600. The lowest BCUT2D eigenvalue weighted by atomic mass is 9.97. The highest BCUT2D eigenvalue weighted by Crippen LogP contribution is 2.32. The molecule has 158 valence electrons. The molecule has 0 aliphatic heterocycles. The molecule has 1 amide bonds. The average Bonchev–Trinajstić information content (AvgIpc) is 2.66. The smallest absolute Gasteiger partial charge is 0.408 e. The van der Waals surface area contributed by atoms with Crippen molar-refractivity contribution in [1.82, 2.24) is 5.32 Å². The molecule has 0 radical (unpaired) electrons. The molecule has 1 fully saturated rings. The maximum absolute atomic E-state index is 11.6. The lowest BCUT2D eigenvalue weighted by molar-refractivity contribution is -0.136. The van der Waals surface area contributed by atoms with Gasteiger partial charge in [-0.2, -0.15) is 0 Å². The molecule has 4 N–H and O–H groups in total. The third-order valence-corrected chi connectivity index (χ3v) is 4.43. The third kappa shape index (κ3) is 8.47. The molecule has 0 aromatic heterocycles. The van der Waals surface area contributed by atoms with Gasteiger partial charge >= 0.3 is 12.1 Å². The molecule has 1 aliphatic carbocycles. The largest absolute Gasteiger partial charge is 0.497 e. The summed E-state index contributed by atoms with van der Waals surface area (Å²) in [4.78, 5) is 22.0. The van der Waals surface area contributed by atoms with Gasteiger partial charge in [0, 0.05) is 17.7 Å². The van der Waals surface area contributed by atoms with Crippen LogP contribution in [0.15, 0.2) is 18.2 Å². The number of hydrogen-bond acceptors (Lipinski definition) is 6. The highest BCUT2D eigenvalue weighted by molar-refractivity contribution is 5.76. The number of amides is 1. The van der Waals surface area contributed by atoms with Crippen molar-refractivity contribution in [2.24, 2.45) is 5.73 Å². The topological polar surface area (TPSA) is 120 Å². The van der Waals surface area contributed by atoms with E-state index >= 15 is 0 Å². The number of alkyl carbamates (subject to hydrolysis) is 1. The van der Waals surface area contributed by atoms with E-state index in [1.807, 2.05) is 0 Å². The van der Waals surface area contributed by atoms with Crippen molar-refractivity contribution >= 4 is 12.1 Å². The van der Waals surface area contributed by atoms with Gasteiger partial charge in [0.25, 0.3) is 0 Å². The number of hydrogen-bond donors (Lipinski definition) is 3. The molecule has 0 heterocycles. The quantitative estimate of drug-likeness (QED) is 0.676. The summed E-state index contributed by atoms with van der Waals surface area (Å²) in [5.74, 6) is -0.0215. The maximum Gasteiger partial charge on any atom is 0.408 e. The summed E-state index contributed by atoms with van der Waals surface area (Å²) < 4.78 is 15.6. The zero-order valence-electron chi connectivity index (χ0n) is 17.1. The first-order valence-corrected chi connectivity index (χ1v) is 9.35. The SMILES string of the molecule is COc1cc(OC)cc(C(C)(C)OC(=O)NCC(=O)O)c1.NC1CCCCC1. The van der Waals surface area contributed by atoms with Gasteiger partial charge in [0.2, 0.25) is 0 Å². The van der Waals surface area contributed by atoms with Gasteiger partial charge in [-0.3, -0.25) is 4.79 Å². The van der Waals surface area contributed by atoms with Crippen LogP contribution in [0.1, 0.15) is 51.5 Å². The molecule has 0 spiro atoms. The summed E-state index contributed by atoms with van der Waals surface area (Å²) in [5, 5.41) is 10.7. The second-order valence-electron chi connectivity index (χ2n) is 7.15. The Bertz CT molecular complexity index is 619. The number of nitrogens with two attached hydrogens (primary N) is 1. The molecule has 0 bridgehead atoms. The van der Waals surface area contributed by atoms with Crippen LogP contribution in [0.3, 0.4) is 0 Å². The standard InChI is InChI=1S/C14H19NO6.C6H13N/c1-14(2,21-13(18)15-8-12(16)17)9-5-10(19-3)7-11(6-9)20-4;7-6-4-2-1-3-5-6/h5-7H,8H2,1-4H3,(H,15,18)(H,16,17);6H,1-5,7H2. The Morgan fingerprint density at radius 1 is 1.11 bits per heavy atom. The number of carboxylic acids is 1. The number of aliphatic carboxylic acids is 1. The molecular formula is C20H32N2O6. The first-order chi connectivity index (χ1) is 13.2. The minimum atomic E-state index is -1.15. The third-order valence-electron chi connectivity index (χ3n) is 4.43. The number of nitrogens with one attached hydrogen (secondary N) is 1. The lowest BCUT2D eigenvalue weighted by Crippen LogP contribution is -2.35. The van der Waals surface area contributed by atoms with Gasteiger partial charge in [0.05, 0.1) is 14.2 Å². The Labute approximate surface area is 166 Å². The van der Waals surface area contributed by atoms with Crippen LogP contribution in [0.2, 0.25) is 0 Å². The molecule has 1 aromatic carbocycles. The Morgan fingerprint density at radius 2 is 1.64 bits per heavy atom.